The Morgan fingerprint density at radius 3 is 2.00 bits per heavy atom. The first-order chi connectivity index (χ1) is 20.1. The van der Waals surface area contributed by atoms with Gasteiger partial charge < -0.3 is 25.1 Å². The van der Waals surface area contributed by atoms with Crippen LogP contribution in [0.5, 0.6) is 11.5 Å². The Kier molecular flexibility index (Phi) is 14.7. The van der Waals surface area contributed by atoms with Crippen molar-refractivity contribution in [1.29, 1.82) is 0 Å². The molecule has 0 spiro atoms. The summed E-state index contributed by atoms with van der Waals surface area (Å²) in [6.45, 7) is 14.7. The molecule has 7 heteroatoms. The Morgan fingerprint density at radius 1 is 0.881 bits per heavy atom. The number of anilines is 1. The lowest BCUT2D eigenvalue weighted by atomic mass is 9.84. The summed E-state index contributed by atoms with van der Waals surface area (Å²) in [5.41, 5.74) is 3.63. The summed E-state index contributed by atoms with van der Waals surface area (Å²) in [6, 6.07) is 9.02. The third kappa shape index (κ3) is 10.2. The monoisotopic (exact) mass is 582 g/mol. The van der Waals surface area contributed by atoms with Gasteiger partial charge in [0.15, 0.2) is 0 Å². The van der Waals surface area contributed by atoms with Crippen LogP contribution >= 0.6 is 0 Å². The zero-order valence-electron chi connectivity index (χ0n) is 26.8. The van der Waals surface area contributed by atoms with Crippen molar-refractivity contribution in [3.05, 3.63) is 52.6 Å². The number of carboxylic acid groups (broad SMARTS) is 1. The van der Waals surface area contributed by atoms with Gasteiger partial charge in [-0.05, 0) is 61.9 Å². The fraction of sp³-hybridized carbons (Fsp3) is 0.600. The smallest absolute Gasteiger partial charge is 0.339 e. The summed E-state index contributed by atoms with van der Waals surface area (Å²) >= 11 is 0. The van der Waals surface area contributed by atoms with Gasteiger partial charge in [0.25, 0.3) is 0 Å². The molecule has 0 aromatic heterocycles. The van der Waals surface area contributed by atoms with E-state index in [0.717, 1.165) is 49.2 Å². The summed E-state index contributed by atoms with van der Waals surface area (Å²) in [5, 5.41) is 33.9. The molecule has 0 heterocycles. The minimum Gasteiger partial charge on any atom is -0.507 e. The van der Waals surface area contributed by atoms with Crippen LogP contribution < -0.4 is 9.64 Å². The van der Waals surface area contributed by atoms with Gasteiger partial charge in [-0.1, -0.05) is 96.7 Å². The highest BCUT2D eigenvalue weighted by atomic mass is 16.5. The van der Waals surface area contributed by atoms with Gasteiger partial charge in [-0.25, -0.2) is 4.79 Å². The fourth-order valence-electron chi connectivity index (χ4n) is 5.43. The third-order valence-electron chi connectivity index (χ3n) is 7.98. The number of oxime groups is 1. The summed E-state index contributed by atoms with van der Waals surface area (Å²) in [5.74, 6) is -1.02. The van der Waals surface area contributed by atoms with E-state index < -0.39 is 5.97 Å². The molecule has 3 N–H and O–H groups in total. The predicted molar refractivity (Wildman–Crippen MR) is 173 cm³/mol. The standard InChI is InChI=1S/C35H54N2O5/c1-7-10-11-12-13-14-15-16-17-18-19-27-32(23-21-28(33(27)38)34(39)40)42-25-30(36-41)26-20-22-31(37(8-2)9-3)29(24-26)35(4,5)6/h20-24,38,41H,7-19,25H2,1-6H3,(H,39,40). The zero-order chi connectivity index (χ0) is 31.1. The number of hydrogen-bond acceptors (Lipinski definition) is 6. The molecule has 0 aliphatic carbocycles. The zero-order valence-corrected chi connectivity index (χ0v) is 26.8. The van der Waals surface area contributed by atoms with E-state index in [1.165, 1.54) is 51.0 Å². The van der Waals surface area contributed by atoms with Crippen LogP contribution in [0.4, 0.5) is 5.69 Å². The molecule has 0 aliphatic heterocycles. The van der Waals surface area contributed by atoms with Crippen LogP contribution in [0, 0.1) is 0 Å². The van der Waals surface area contributed by atoms with Crippen LogP contribution in [0.15, 0.2) is 35.5 Å². The van der Waals surface area contributed by atoms with Crippen molar-refractivity contribution in [3.8, 4) is 11.5 Å². The second kappa shape index (κ2) is 17.7. The van der Waals surface area contributed by atoms with E-state index >= 15 is 0 Å². The first-order valence-electron chi connectivity index (χ1n) is 15.9. The Labute approximate surface area is 253 Å². The molecule has 0 saturated heterocycles. The molecule has 0 radical (unpaired) electrons. The lowest BCUT2D eigenvalue weighted by Crippen LogP contribution is -2.27. The number of phenols is 1. The molecule has 2 rings (SSSR count). The van der Waals surface area contributed by atoms with Crippen molar-refractivity contribution in [2.75, 3.05) is 24.6 Å². The van der Waals surface area contributed by atoms with Crippen molar-refractivity contribution in [3.63, 3.8) is 0 Å². The average molecular weight is 583 g/mol. The number of carbonyl (C=O) groups is 1. The molecule has 234 valence electrons. The second-order valence-corrected chi connectivity index (χ2v) is 12.2. The van der Waals surface area contributed by atoms with E-state index in [1.807, 2.05) is 6.07 Å². The number of nitrogens with zero attached hydrogens (tertiary/aromatic N) is 2. The van der Waals surface area contributed by atoms with E-state index in [2.05, 4.69) is 63.7 Å². The van der Waals surface area contributed by atoms with Crippen LogP contribution in [0.3, 0.4) is 0 Å². The van der Waals surface area contributed by atoms with Crippen LogP contribution in [-0.2, 0) is 11.8 Å². The molecule has 0 unspecified atom stereocenters. The molecule has 0 bridgehead atoms. The number of carboxylic acids is 1. The maximum Gasteiger partial charge on any atom is 0.339 e. The van der Waals surface area contributed by atoms with Crippen molar-refractivity contribution >= 4 is 17.4 Å². The molecular weight excluding hydrogens is 528 g/mol. The highest BCUT2D eigenvalue weighted by Crippen LogP contribution is 2.35. The van der Waals surface area contributed by atoms with Gasteiger partial charge in [0.05, 0.1) is 0 Å². The maximum atomic E-state index is 11.7. The molecule has 0 saturated carbocycles. The van der Waals surface area contributed by atoms with Crippen molar-refractivity contribution < 1.29 is 25.0 Å². The Hall–Kier alpha value is -3.22. The van der Waals surface area contributed by atoms with E-state index in [9.17, 15) is 20.2 Å². The number of hydrogen-bond donors (Lipinski definition) is 3. The number of aromatic hydroxyl groups is 1. The van der Waals surface area contributed by atoms with Crippen molar-refractivity contribution in [2.24, 2.45) is 5.16 Å². The van der Waals surface area contributed by atoms with Crippen LogP contribution in [-0.4, -0.2) is 46.8 Å². The van der Waals surface area contributed by atoms with Crippen LogP contribution in [0.25, 0.3) is 0 Å². The quantitative estimate of drug-likeness (QED) is 0.0661. The van der Waals surface area contributed by atoms with Crippen molar-refractivity contribution in [2.45, 2.75) is 118 Å². The van der Waals surface area contributed by atoms with Gasteiger partial charge in [-0.2, -0.15) is 0 Å². The molecular formula is C35H54N2O5. The molecule has 0 atom stereocenters. The highest BCUT2D eigenvalue weighted by Gasteiger charge is 2.23. The van der Waals surface area contributed by atoms with Gasteiger partial charge in [0, 0.05) is 29.9 Å². The molecule has 0 amide bonds. The number of ether oxygens (including phenoxy) is 1. The van der Waals surface area contributed by atoms with Gasteiger partial charge in [0.2, 0.25) is 0 Å². The number of rotatable bonds is 19. The van der Waals surface area contributed by atoms with Gasteiger partial charge in [-0.3, -0.25) is 0 Å². The van der Waals surface area contributed by atoms with Crippen molar-refractivity contribution in [1.82, 2.24) is 0 Å². The lowest BCUT2D eigenvalue weighted by Gasteiger charge is -2.30. The van der Waals surface area contributed by atoms with Gasteiger partial charge in [0.1, 0.15) is 29.4 Å². The SMILES string of the molecule is CCCCCCCCCCCCc1c(OCC(=NO)c2ccc(N(CC)CC)c(C(C)(C)C)c2)ccc(C(=O)O)c1O. The normalized spacial score (nSPS) is 12.0. The Bertz CT molecular complexity index is 1150. The Morgan fingerprint density at radius 2 is 1.48 bits per heavy atom. The number of aromatic carboxylic acids is 1. The third-order valence-corrected chi connectivity index (χ3v) is 7.98. The van der Waals surface area contributed by atoms with E-state index in [-0.39, 0.29) is 23.3 Å². The van der Waals surface area contributed by atoms with E-state index in [4.69, 9.17) is 4.74 Å². The summed E-state index contributed by atoms with van der Waals surface area (Å²) < 4.78 is 6.09. The van der Waals surface area contributed by atoms with Crippen LogP contribution in [0.2, 0.25) is 0 Å². The molecule has 7 nitrogen and oxygen atoms in total. The van der Waals surface area contributed by atoms with Gasteiger partial charge >= 0.3 is 5.97 Å². The number of benzene rings is 2. The molecule has 0 fully saturated rings. The summed E-state index contributed by atoms with van der Waals surface area (Å²) in [6.07, 6.45) is 12.4. The summed E-state index contributed by atoms with van der Waals surface area (Å²) in [7, 11) is 0. The minimum atomic E-state index is -1.18. The van der Waals surface area contributed by atoms with Gasteiger partial charge in [-0.15, -0.1) is 0 Å². The second-order valence-electron chi connectivity index (χ2n) is 12.2. The molecule has 2 aromatic carbocycles. The Balaban J connectivity index is 2.15. The lowest BCUT2D eigenvalue weighted by molar-refractivity contribution is 0.0693. The minimum absolute atomic E-state index is 0.0262. The van der Waals surface area contributed by atoms with Crippen LogP contribution in [0.1, 0.15) is 133 Å². The van der Waals surface area contributed by atoms with E-state index in [0.29, 0.717) is 23.4 Å². The largest absolute Gasteiger partial charge is 0.507 e. The average Bonchev–Trinajstić information content (AvgIpc) is 2.95. The predicted octanol–water partition coefficient (Wildman–Crippen LogP) is 8.95. The summed E-state index contributed by atoms with van der Waals surface area (Å²) in [4.78, 5) is 14.0. The first-order valence-corrected chi connectivity index (χ1v) is 15.9. The fourth-order valence-corrected chi connectivity index (χ4v) is 5.43. The number of unbranched alkanes of at least 4 members (excludes halogenated alkanes) is 9. The first kappa shape index (κ1) is 35.0. The molecule has 2 aromatic rings. The highest BCUT2D eigenvalue weighted by molar-refractivity contribution is 6.02. The topological polar surface area (TPSA) is 103 Å². The maximum absolute atomic E-state index is 11.7. The van der Waals surface area contributed by atoms with E-state index in [1.54, 1.807) is 6.07 Å². The molecule has 42 heavy (non-hydrogen) atoms. The molecule has 0 aliphatic rings.